The molecule has 1 aromatic carbocycles. The summed E-state index contributed by atoms with van der Waals surface area (Å²) in [6.45, 7) is 1.24. The highest BCUT2D eigenvalue weighted by Gasteiger charge is 2.19. The Morgan fingerprint density at radius 1 is 1.15 bits per heavy atom. The monoisotopic (exact) mass is 210 g/mol. The normalized spacial score (nSPS) is 11.7. The average Bonchev–Trinajstić information content (AvgIpc) is 1.94. The Morgan fingerprint density at radius 2 is 1.69 bits per heavy atom. The summed E-state index contributed by atoms with van der Waals surface area (Å²) in [5, 5.41) is 0. The second-order valence-corrected chi connectivity index (χ2v) is 3.79. The molecule has 0 spiro atoms. The lowest BCUT2D eigenvalue weighted by Crippen LogP contribution is -1.99. The van der Waals surface area contributed by atoms with Crippen molar-refractivity contribution in [1.29, 1.82) is 0 Å². The summed E-state index contributed by atoms with van der Waals surface area (Å²) in [4.78, 5) is -1.27. The first-order chi connectivity index (χ1) is 5.82. The van der Waals surface area contributed by atoms with E-state index < -0.39 is 26.8 Å². The summed E-state index contributed by atoms with van der Waals surface area (Å²) in [5.41, 5.74) is -0.0788. The Balaban J connectivity index is 3.50. The van der Waals surface area contributed by atoms with Crippen LogP contribution in [0.3, 0.4) is 0 Å². The van der Waals surface area contributed by atoms with E-state index >= 15 is 0 Å². The lowest BCUT2D eigenvalue weighted by Gasteiger charge is -2.00. The molecule has 72 valence electrons. The molecule has 13 heavy (non-hydrogen) atoms. The molecule has 0 unspecified atom stereocenters. The molecule has 0 bridgehead atoms. The maximum Gasteiger partial charge on any atom is 0.335 e. The van der Waals surface area contributed by atoms with Gasteiger partial charge in [-0.1, -0.05) is 0 Å². The van der Waals surface area contributed by atoms with Gasteiger partial charge >= 0.3 is 10.2 Å². The molecule has 1 rings (SSSR count). The highest BCUT2D eigenvalue weighted by molar-refractivity contribution is 7.86. The van der Waals surface area contributed by atoms with Crippen molar-refractivity contribution < 1.29 is 21.1 Å². The van der Waals surface area contributed by atoms with Gasteiger partial charge in [0.2, 0.25) is 0 Å². The second kappa shape index (κ2) is 3.02. The smallest absolute Gasteiger partial charge is 0.207 e. The minimum absolute atomic E-state index is 0.0788. The quantitative estimate of drug-likeness (QED) is 0.664. The van der Waals surface area contributed by atoms with Crippen molar-refractivity contribution in [2.24, 2.45) is 0 Å². The molecule has 0 radical (unpaired) electrons. The fourth-order valence-electron chi connectivity index (χ4n) is 0.815. The Kier molecular flexibility index (Phi) is 2.34. The predicted molar refractivity (Wildman–Crippen MR) is 39.4 cm³/mol. The van der Waals surface area contributed by atoms with Crippen LogP contribution in [0.25, 0.3) is 0 Å². The van der Waals surface area contributed by atoms with Gasteiger partial charge in [0, 0.05) is 0 Å². The summed E-state index contributed by atoms with van der Waals surface area (Å²) >= 11 is 0. The van der Waals surface area contributed by atoms with Crippen molar-refractivity contribution in [2.45, 2.75) is 11.8 Å². The zero-order valence-corrected chi connectivity index (χ0v) is 7.33. The zero-order chi connectivity index (χ0) is 10.2. The van der Waals surface area contributed by atoms with Crippen molar-refractivity contribution in [3.63, 3.8) is 0 Å². The molecule has 0 aliphatic carbocycles. The molecule has 1 aromatic rings. The van der Waals surface area contributed by atoms with Crippen molar-refractivity contribution in [2.75, 3.05) is 0 Å². The van der Waals surface area contributed by atoms with E-state index in [9.17, 15) is 21.1 Å². The van der Waals surface area contributed by atoms with E-state index in [1.54, 1.807) is 0 Å². The van der Waals surface area contributed by atoms with Crippen LogP contribution in [0.15, 0.2) is 17.0 Å². The Labute approximate surface area is 73.2 Å². The van der Waals surface area contributed by atoms with Crippen LogP contribution < -0.4 is 0 Å². The number of aryl methyl sites for hydroxylation is 1. The SMILES string of the molecule is Cc1cc(F)c(S(=O)(=O)F)cc1F. The van der Waals surface area contributed by atoms with Gasteiger partial charge < -0.3 is 0 Å². The summed E-state index contributed by atoms with van der Waals surface area (Å²) in [6, 6.07) is 0.946. The van der Waals surface area contributed by atoms with Gasteiger partial charge in [0.05, 0.1) is 0 Å². The molecule has 0 aliphatic rings. The topological polar surface area (TPSA) is 34.1 Å². The minimum atomic E-state index is -5.19. The summed E-state index contributed by atoms with van der Waals surface area (Å²) in [7, 11) is -5.19. The molecule has 0 N–H and O–H groups in total. The first-order valence-electron chi connectivity index (χ1n) is 3.22. The Morgan fingerprint density at radius 3 is 2.15 bits per heavy atom. The third-order valence-corrected chi connectivity index (χ3v) is 2.31. The Bertz CT molecular complexity index is 439. The van der Waals surface area contributed by atoms with Gasteiger partial charge in [-0.05, 0) is 24.6 Å². The van der Waals surface area contributed by atoms with Crippen LogP contribution in [-0.4, -0.2) is 8.42 Å². The van der Waals surface area contributed by atoms with Crippen molar-refractivity contribution in [1.82, 2.24) is 0 Å². The van der Waals surface area contributed by atoms with Crippen LogP contribution >= 0.6 is 0 Å². The number of rotatable bonds is 1. The molecular formula is C7H5F3O2S. The molecule has 0 saturated heterocycles. The largest absolute Gasteiger partial charge is 0.335 e. The fourth-order valence-corrected chi connectivity index (χ4v) is 1.35. The van der Waals surface area contributed by atoms with E-state index in [-0.39, 0.29) is 5.56 Å². The minimum Gasteiger partial charge on any atom is -0.207 e. The summed E-state index contributed by atoms with van der Waals surface area (Å²) < 4.78 is 58.2. The molecule has 0 fully saturated rings. The molecule has 0 atom stereocenters. The van der Waals surface area contributed by atoms with Crippen LogP contribution in [0.1, 0.15) is 5.56 Å². The summed E-state index contributed by atoms with van der Waals surface area (Å²) in [5.74, 6) is -2.25. The van der Waals surface area contributed by atoms with Crippen LogP contribution in [0.5, 0.6) is 0 Å². The first kappa shape index (κ1) is 10.0. The highest BCUT2D eigenvalue weighted by Crippen LogP contribution is 2.20. The molecule has 2 nitrogen and oxygen atoms in total. The van der Waals surface area contributed by atoms with Crippen LogP contribution in [0, 0.1) is 18.6 Å². The lowest BCUT2D eigenvalue weighted by molar-refractivity contribution is 0.524. The van der Waals surface area contributed by atoms with E-state index in [1.165, 1.54) is 6.92 Å². The second-order valence-electron chi connectivity index (χ2n) is 2.47. The van der Waals surface area contributed by atoms with Gasteiger partial charge in [-0.2, -0.15) is 8.42 Å². The number of hydrogen-bond acceptors (Lipinski definition) is 2. The predicted octanol–water partition coefficient (Wildman–Crippen LogP) is 1.93. The van der Waals surface area contributed by atoms with Gasteiger partial charge in [0.25, 0.3) is 0 Å². The van der Waals surface area contributed by atoms with Gasteiger partial charge in [0.15, 0.2) is 0 Å². The third kappa shape index (κ3) is 2.00. The number of benzene rings is 1. The third-order valence-electron chi connectivity index (χ3n) is 1.48. The first-order valence-corrected chi connectivity index (χ1v) is 4.61. The number of halogens is 3. The van der Waals surface area contributed by atoms with E-state index in [4.69, 9.17) is 0 Å². The van der Waals surface area contributed by atoms with Crippen LogP contribution in [0.4, 0.5) is 12.7 Å². The van der Waals surface area contributed by atoms with E-state index in [0.29, 0.717) is 12.1 Å². The van der Waals surface area contributed by atoms with Gasteiger partial charge in [-0.15, -0.1) is 3.89 Å². The zero-order valence-electron chi connectivity index (χ0n) is 6.51. The van der Waals surface area contributed by atoms with Gasteiger partial charge in [0.1, 0.15) is 16.5 Å². The number of hydrogen-bond donors (Lipinski definition) is 0. The molecule has 6 heteroatoms. The lowest BCUT2D eigenvalue weighted by atomic mass is 10.2. The maximum absolute atomic E-state index is 12.7. The van der Waals surface area contributed by atoms with Gasteiger partial charge in [-0.3, -0.25) is 0 Å². The summed E-state index contributed by atoms with van der Waals surface area (Å²) in [6.07, 6.45) is 0. The fraction of sp³-hybridized carbons (Fsp3) is 0.143. The van der Waals surface area contributed by atoms with Crippen molar-refractivity contribution in [3.8, 4) is 0 Å². The average molecular weight is 210 g/mol. The molecular weight excluding hydrogens is 205 g/mol. The van der Waals surface area contributed by atoms with Crippen LogP contribution in [0.2, 0.25) is 0 Å². The Hall–Kier alpha value is -1.04. The molecule has 0 saturated carbocycles. The van der Waals surface area contributed by atoms with E-state index in [0.717, 1.165) is 0 Å². The standard InChI is InChI=1S/C7H5F3O2S/c1-4-2-6(9)7(3-5(4)8)13(10,11)12/h2-3H,1H3. The van der Waals surface area contributed by atoms with E-state index in [2.05, 4.69) is 0 Å². The van der Waals surface area contributed by atoms with Crippen LogP contribution in [-0.2, 0) is 10.2 Å². The van der Waals surface area contributed by atoms with Gasteiger partial charge in [-0.25, -0.2) is 8.78 Å². The molecule has 0 aliphatic heterocycles. The molecule has 0 aromatic heterocycles. The maximum atomic E-state index is 12.7. The molecule has 0 amide bonds. The van der Waals surface area contributed by atoms with Crippen molar-refractivity contribution in [3.05, 3.63) is 29.3 Å². The molecule has 0 heterocycles. The van der Waals surface area contributed by atoms with Crippen molar-refractivity contribution >= 4 is 10.2 Å². The van der Waals surface area contributed by atoms with E-state index in [1.807, 2.05) is 0 Å². The highest BCUT2D eigenvalue weighted by atomic mass is 32.3.